The molecule has 0 aliphatic heterocycles. The van der Waals surface area contributed by atoms with E-state index >= 15 is 0 Å². The van der Waals surface area contributed by atoms with E-state index in [-0.39, 0.29) is 23.7 Å². The number of hydrogen-bond donors (Lipinski definition) is 2. The minimum Gasteiger partial charge on any atom is -0.505 e. The first-order valence-electron chi connectivity index (χ1n) is 7.58. The molecule has 10 heteroatoms. The van der Waals surface area contributed by atoms with Crippen LogP contribution < -0.4 is 10.9 Å². The molecule has 0 aliphatic rings. The fourth-order valence-electron chi connectivity index (χ4n) is 2.36. The lowest BCUT2D eigenvalue weighted by molar-refractivity contribution is 0.432. The van der Waals surface area contributed by atoms with Gasteiger partial charge in [0.1, 0.15) is 6.20 Å². The van der Waals surface area contributed by atoms with Gasteiger partial charge in [-0.2, -0.15) is 10.1 Å². The Kier molecular flexibility index (Phi) is 4.80. The van der Waals surface area contributed by atoms with Gasteiger partial charge in [0, 0.05) is 11.8 Å². The van der Waals surface area contributed by atoms with Gasteiger partial charge in [-0.1, -0.05) is 0 Å². The van der Waals surface area contributed by atoms with Gasteiger partial charge in [-0.05, 0) is 36.2 Å². The van der Waals surface area contributed by atoms with Crippen molar-refractivity contribution in [2.75, 3.05) is 5.32 Å². The quantitative estimate of drug-likeness (QED) is 0.537. The molecule has 27 heavy (non-hydrogen) atoms. The van der Waals surface area contributed by atoms with Gasteiger partial charge in [0.2, 0.25) is 5.95 Å². The van der Waals surface area contributed by atoms with E-state index in [0.717, 1.165) is 35.1 Å². The van der Waals surface area contributed by atoms with Crippen molar-refractivity contribution in [2.24, 2.45) is 0 Å². The van der Waals surface area contributed by atoms with Crippen LogP contribution in [0.4, 0.5) is 29.2 Å². The van der Waals surface area contributed by atoms with Crippen molar-refractivity contribution >= 4 is 11.6 Å². The molecule has 6 nitrogen and oxygen atoms in total. The molecule has 3 aromatic rings. The number of hydrogen-bond acceptors (Lipinski definition) is 5. The topological polar surface area (TPSA) is 80.0 Å². The second kappa shape index (κ2) is 7.06. The van der Waals surface area contributed by atoms with Crippen LogP contribution >= 0.6 is 0 Å². The van der Waals surface area contributed by atoms with Crippen molar-refractivity contribution in [3.8, 4) is 5.75 Å². The summed E-state index contributed by atoms with van der Waals surface area (Å²) in [4.78, 5) is 15.3. The lowest BCUT2D eigenvalue weighted by atomic mass is 10.2. The third-order valence-corrected chi connectivity index (χ3v) is 3.68. The van der Waals surface area contributed by atoms with Gasteiger partial charge < -0.3 is 10.4 Å². The number of phenolic OH excluding ortho intramolecular Hbond substituents is 1. The number of halogens is 4. The molecule has 0 atom stereocenters. The van der Waals surface area contributed by atoms with Crippen LogP contribution in [0.15, 0.2) is 35.3 Å². The van der Waals surface area contributed by atoms with Gasteiger partial charge in [-0.25, -0.2) is 22.2 Å². The van der Waals surface area contributed by atoms with Crippen molar-refractivity contribution in [3.63, 3.8) is 0 Å². The van der Waals surface area contributed by atoms with E-state index in [1.54, 1.807) is 6.92 Å². The highest BCUT2D eigenvalue weighted by atomic mass is 19.2. The number of phenols is 1. The molecule has 0 unspecified atom stereocenters. The van der Waals surface area contributed by atoms with Gasteiger partial charge >= 0.3 is 0 Å². The Morgan fingerprint density at radius 3 is 2.41 bits per heavy atom. The Morgan fingerprint density at radius 2 is 1.74 bits per heavy atom. The average Bonchev–Trinajstić information content (AvgIpc) is 2.60. The Morgan fingerprint density at radius 1 is 1.07 bits per heavy atom. The summed E-state index contributed by atoms with van der Waals surface area (Å²) in [6.07, 6.45) is 0.885. The Labute approximate surface area is 149 Å². The summed E-state index contributed by atoms with van der Waals surface area (Å²) in [6, 6.07) is 3.74. The van der Waals surface area contributed by atoms with E-state index in [9.17, 15) is 27.5 Å². The normalized spacial score (nSPS) is 10.9. The fourth-order valence-corrected chi connectivity index (χ4v) is 2.36. The Balaban J connectivity index is 1.99. The van der Waals surface area contributed by atoms with Crippen molar-refractivity contribution in [3.05, 3.63) is 75.2 Å². The third kappa shape index (κ3) is 3.89. The average molecular weight is 380 g/mol. The summed E-state index contributed by atoms with van der Waals surface area (Å²) >= 11 is 0. The molecule has 0 bridgehead atoms. The third-order valence-electron chi connectivity index (χ3n) is 3.68. The highest BCUT2D eigenvalue weighted by Crippen LogP contribution is 2.26. The Bertz CT molecular complexity index is 1060. The second-order valence-corrected chi connectivity index (χ2v) is 5.69. The predicted molar refractivity (Wildman–Crippen MR) is 87.8 cm³/mol. The molecule has 140 valence electrons. The summed E-state index contributed by atoms with van der Waals surface area (Å²) < 4.78 is 54.4. The van der Waals surface area contributed by atoms with E-state index < -0.39 is 34.6 Å². The molecule has 1 aromatic heterocycles. The standard InChI is InChI=1S/C17H12F4N4O2/c1-8-2-10(18)14(26)5-13(8)23-17-24-15(27)6-22-25(17)7-9-3-11(19)16(21)12(20)4-9/h2-6,26H,7H2,1H3,(H,23,24,27). The minimum atomic E-state index is -1.60. The molecule has 0 saturated carbocycles. The Hall–Kier alpha value is -3.43. The summed E-state index contributed by atoms with van der Waals surface area (Å²) in [5, 5.41) is 16.0. The first-order chi connectivity index (χ1) is 12.7. The number of nitrogens with zero attached hydrogens (tertiary/aromatic N) is 3. The van der Waals surface area contributed by atoms with Crippen LogP contribution in [0, 0.1) is 30.2 Å². The van der Waals surface area contributed by atoms with Gasteiger partial charge in [0.25, 0.3) is 5.56 Å². The van der Waals surface area contributed by atoms with Crippen molar-refractivity contribution in [1.29, 1.82) is 0 Å². The van der Waals surface area contributed by atoms with Crippen LogP contribution in [-0.2, 0) is 6.54 Å². The monoisotopic (exact) mass is 380 g/mol. The lowest BCUT2D eigenvalue weighted by Crippen LogP contribution is -2.19. The van der Waals surface area contributed by atoms with E-state index in [0.29, 0.717) is 5.56 Å². The summed E-state index contributed by atoms with van der Waals surface area (Å²) in [5.74, 6) is -5.90. The number of anilines is 2. The van der Waals surface area contributed by atoms with Crippen LogP contribution in [0.2, 0.25) is 0 Å². The van der Waals surface area contributed by atoms with Gasteiger partial charge in [0.15, 0.2) is 29.0 Å². The molecule has 2 N–H and O–H groups in total. The zero-order valence-corrected chi connectivity index (χ0v) is 13.8. The highest BCUT2D eigenvalue weighted by Gasteiger charge is 2.14. The molecule has 3 rings (SSSR count). The predicted octanol–water partition coefficient (Wildman–Crippen LogP) is 3.00. The molecule has 0 aliphatic carbocycles. The summed E-state index contributed by atoms with van der Waals surface area (Å²) in [7, 11) is 0. The molecule has 1 heterocycles. The van der Waals surface area contributed by atoms with Crippen LogP contribution in [0.25, 0.3) is 0 Å². The van der Waals surface area contributed by atoms with E-state index in [1.807, 2.05) is 0 Å². The molecule has 0 amide bonds. The van der Waals surface area contributed by atoms with E-state index in [2.05, 4.69) is 15.4 Å². The number of benzene rings is 2. The largest absolute Gasteiger partial charge is 0.505 e. The van der Waals surface area contributed by atoms with E-state index in [4.69, 9.17) is 0 Å². The zero-order chi connectivity index (χ0) is 19.7. The number of rotatable bonds is 4. The lowest BCUT2D eigenvalue weighted by Gasteiger charge is -2.14. The van der Waals surface area contributed by atoms with Gasteiger partial charge in [0.05, 0.1) is 6.54 Å². The number of aromatic nitrogens is 3. The molecule has 0 saturated heterocycles. The first-order valence-corrected chi connectivity index (χ1v) is 7.58. The summed E-state index contributed by atoms with van der Waals surface area (Å²) in [6.45, 7) is 1.31. The van der Waals surface area contributed by atoms with Gasteiger partial charge in [-0.15, -0.1) is 0 Å². The smallest absolute Gasteiger partial charge is 0.293 e. The minimum absolute atomic E-state index is 0.0334. The molecular formula is C17H12F4N4O2. The number of aryl methyl sites for hydroxylation is 1. The molecule has 0 radical (unpaired) electrons. The maximum absolute atomic E-state index is 13.4. The molecule has 0 spiro atoms. The van der Waals surface area contributed by atoms with E-state index in [1.165, 1.54) is 0 Å². The summed E-state index contributed by atoms with van der Waals surface area (Å²) in [5.41, 5.74) is -0.0341. The second-order valence-electron chi connectivity index (χ2n) is 5.69. The van der Waals surface area contributed by atoms with Crippen LogP contribution in [0.1, 0.15) is 11.1 Å². The molecular weight excluding hydrogens is 368 g/mol. The SMILES string of the molecule is Cc1cc(F)c(O)cc1Nc1nc(=O)cnn1Cc1cc(F)c(F)c(F)c1. The van der Waals surface area contributed by atoms with Crippen LogP contribution in [0.5, 0.6) is 5.75 Å². The van der Waals surface area contributed by atoms with Crippen molar-refractivity contribution in [2.45, 2.75) is 13.5 Å². The molecule has 0 fully saturated rings. The zero-order valence-electron chi connectivity index (χ0n) is 13.8. The fraction of sp³-hybridized carbons (Fsp3) is 0.118. The maximum atomic E-state index is 13.4. The van der Waals surface area contributed by atoms with Gasteiger partial charge in [-0.3, -0.25) is 4.79 Å². The maximum Gasteiger partial charge on any atom is 0.293 e. The van der Waals surface area contributed by atoms with Crippen molar-refractivity contribution < 1.29 is 22.7 Å². The number of aromatic hydroxyl groups is 1. The molecule has 2 aromatic carbocycles. The number of nitrogens with one attached hydrogen (secondary N) is 1. The van der Waals surface area contributed by atoms with Crippen LogP contribution in [-0.4, -0.2) is 19.9 Å². The van der Waals surface area contributed by atoms with Crippen molar-refractivity contribution in [1.82, 2.24) is 14.8 Å². The highest BCUT2D eigenvalue weighted by molar-refractivity contribution is 5.60. The first kappa shape index (κ1) is 18.4. The van der Waals surface area contributed by atoms with Crippen LogP contribution in [0.3, 0.4) is 0 Å².